The number of alkyl carbamates (subject to hydrolysis) is 1. The van der Waals surface area contributed by atoms with Crippen LogP contribution in [-0.2, 0) is 114 Å². The summed E-state index contributed by atoms with van der Waals surface area (Å²) in [6, 6.07) is 68.8. The first-order chi connectivity index (χ1) is 51.7. The number of carbonyl (C=O) groups is 4. The molecule has 8 aromatic rings. The Balaban J connectivity index is 0.816. The van der Waals surface area contributed by atoms with E-state index >= 15 is 0 Å². The van der Waals surface area contributed by atoms with Gasteiger partial charge in [-0.15, -0.1) is 0 Å². The van der Waals surface area contributed by atoms with Gasteiger partial charge in [0.15, 0.2) is 24.9 Å². The van der Waals surface area contributed by atoms with Crippen molar-refractivity contribution < 1.29 is 101 Å². The summed E-state index contributed by atoms with van der Waals surface area (Å²) in [5, 5.41) is 44.0. The number of carbonyl (C=O) groups excluding carboxylic acids is 3. The van der Waals surface area contributed by atoms with E-state index in [0.29, 0.717) is 5.56 Å². The summed E-state index contributed by atoms with van der Waals surface area (Å²) in [4.78, 5) is 54.0. The minimum atomic E-state index is -2.78. The van der Waals surface area contributed by atoms with Crippen molar-refractivity contribution in [1.82, 2.24) is 16.0 Å². The van der Waals surface area contributed by atoms with Crippen LogP contribution in [0.5, 0.6) is 0 Å². The van der Waals surface area contributed by atoms with Crippen molar-refractivity contribution in [2.24, 2.45) is 0 Å². The van der Waals surface area contributed by atoms with Crippen LogP contribution in [0.1, 0.15) is 70.6 Å². The van der Waals surface area contributed by atoms with Crippen LogP contribution in [0.15, 0.2) is 231 Å². The summed E-state index contributed by atoms with van der Waals surface area (Å²) in [7, 11) is 0. The van der Waals surface area contributed by atoms with E-state index in [1.54, 1.807) is 30.3 Å². The number of carboxylic acid groups (broad SMARTS) is 1. The van der Waals surface area contributed by atoms with Crippen LogP contribution in [-0.4, -0.2) is 170 Å². The van der Waals surface area contributed by atoms with Crippen molar-refractivity contribution in [3.05, 3.63) is 275 Å². The quantitative estimate of drug-likeness (QED) is 0.0221. The smallest absolute Gasteiger partial charge is 0.407 e. The molecule has 106 heavy (non-hydrogen) atoms. The summed E-state index contributed by atoms with van der Waals surface area (Å²) in [6.07, 6.45) is -19.3. The molecule has 24 heteroatoms. The molecule has 4 saturated heterocycles. The molecule has 1 aliphatic carbocycles. The topological polar surface area (TPSA) is 294 Å². The molecule has 4 heterocycles. The minimum Gasteiger partial charge on any atom is -0.480 e. The Morgan fingerprint density at radius 3 is 1.57 bits per heavy atom. The highest BCUT2D eigenvalue weighted by molar-refractivity contribution is 5.81. The zero-order valence-electron chi connectivity index (χ0n) is 58.5. The van der Waals surface area contributed by atoms with Gasteiger partial charge in [-0.3, -0.25) is 9.59 Å². The van der Waals surface area contributed by atoms with Gasteiger partial charge in [0.25, 0.3) is 0 Å². The molecule has 556 valence electrons. The third kappa shape index (κ3) is 18.6. The number of benzene rings is 8. The van der Waals surface area contributed by atoms with Gasteiger partial charge in [0.2, 0.25) is 23.8 Å². The molecule has 6 N–H and O–H groups in total. The molecular weight excluding hydrogens is 1360 g/mol. The first-order valence-corrected chi connectivity index (χ1v) is 35.4. The van der Waals surface area contributed by atoms with Crippen LogP contribution in [0.3, 0.4) is 0 Å². The van der Waals surface area contributed by atoms with Crippen molar-refractivity contribution >= 4 is 23.9 Å². The van der Waals surface area contributed by atoms with Gasteiger partial charge in [0, 0.05) is 25.3 Å². The molecule has 5 aliphatic rings. The second-order valence-electron chi connectivity index (χ2n) is 26.6. The van der Waals surface area contributed by atoms with Gasteiger partial charge in [0.05, 0.1) is 59.5 Å². The molecule has 4 fully saturated rings. The zero-order valence-corrected chi connectivity index (χ0v) is 58.5. The summed E-state index contributed by atoms with van der Waals surface area (Å²) in [5.74, 6) is -3.28. The number of hydrogen-bond donors (Lipinski definition) is 6. The van der Waals surface area contributed by atoms with Crippen molar-refractivity contribution in [2.45, 2.75) is 157 Å². The number of rotatable bonds is 31. The van der Waals surface area contributed by atoms with Crippen LogP contribution >= 0.6 is 0 Å². The highest BCUT2D eigenvalue weighted by Crippen LogP contribution is 2.45. The predicted octanol–water partition coefficient (Wildman–Crippen LogP) is 8.93. The number of fused-ring (bicyclic) bond motifs is 4. The number of ether oxygens (including phenoxy) is 14. The maximum Gasteiger partial charge on any atom is 0.407 e. The van der Waals surface area contributed by atoms with Crippen LogP contribution < -0.4 is 16.0 Å². The highest BCUT2D eigenvalue weighted by atomic mass is 16.8. The van der Waals surface area contributed by atoms with Gasteiger partial charge in [0.1, 0.15) is 73.7 Å². The number of hydrogen-bond acceptors (Lipinski definition) is 20. The first-order valence-electron chi connectivity index (χ1n) is 35.4. The molecular formula is C82H87N3O21. The second kappa shape index (κ2) is 36.0. The van der Waals surface area contributed by atoms with Gasteiger partial charge >= 0.3 is 12.1 Å². The lowest BCUT2D eigenvalue weighted by molar-refractivity contribution is -0.393. The molecule has 0 spiro atoms. The Morgan fingerprint density at radius 2 is 1.02 bits per heavy atom. The lowest BCUT2D eigenvalue weighted by Crippen LogP contribution is -2.74. The number of aliphatic carboxylic acids is 1. The van der Waals surface area contributed by atoms with Gasteiger partial charge in [-0.25, -0.2) is 9.59 Å². The third-order valence-corrected chi connectivity index (χ3v) is 19.1. The van der Waals surface area contributed by atoms with Crippen molar-refractivity contribution in [3.8, 4) is 11.1 Å². The van der Waals surface area contributed by atoms with Crippen LogP contribution in [0.2, 0.25) is 0 Å². The fraction of sp³-hybridized carbons (Fsp3) is 0.366. The average Bonchev–Trinajstić information content (AvgIpc) is 1.32. The van der Waals surface area contributed by atoms with Crippen LogP contribution in [0.4, 0.5) is 4.79 Å². The molecule has 0 radical (unpaired) electrons. The molecule has 0 bridgehead atoms. The normalized spacial score (nSPS) is 27.2. The largest absolute Gasteiger partial charge is 0.480 e. The maximum atomic E-state index is 13.9. The standard InChI is InChI=1S/C82H87N3O21/c1-51(86)83-68-72(94-42-54-27-11-4-12-28-54)70(106-79-74(96-44-56-31-15-6-16-32-56)73(95-43-55-29-13-5-14-30-55)71-67(103-79)50-98-77(105-71)58-35-19-8-20-36-58)66(48-93-41-53-25-9-3-10-26-53)102-78(68)99-49-65-69(88)75(97-45-57-33-17-7-18-34-57)82(92,85-52(2)87)80(104-65)100-47-64(76(89)90)84-81(91)101-46-63-61-39-23-21-37-59(61)60-38-22-24-40-62(60)63/h3-40,63-75,77-80,88,92H,41-50H2,1-2H3,(H,83,86)(H,84,91)(H,85,87)(H,89,90)/t64-,65+,66+,67+,68+,69-,70+,71-,72+,73-,74+,75-,77?,78+,79-,80-,82+/m0/s1. The molecule has 4 aliphatic heterocycles. The Morgan fingerprint density at radius 1 is 0.509 bits per heavy atom. The summed E-state index contributed by atoms with van der Waals surface area (Å²) in [6.45, 7) is 0.628. The van der Waals surface area contributed by atoms with Gasteiger partial charge in [-0.1, -0.05) is 231 Å². The molecule has 1 unspecified atom stereocenters. The lowest BCUT2D eigenvalue weighted by Gasteiger charge is -2.52. The Labute approximate surface area is 613 Å². The predicted molar refractivity (Wildman–Crippen MR) is 381 cm³/mol. The molecule has 0 saturated carbocycles. The summed E-state index contributed by atoms with van der Waals surface area (Å²) in [5.41, 5.74) is 5.74. The van der Waals surface area contributed by atoms with Gasteiger partial charge < -0.3 is 97.6 Å². The molecule has 13 rings (SSSR count). The molecule has 8 aromatic carbocycles. The minimum absolute atomic E-state index is 0.0413. The Kier molecular flexibility index (Phi) is 25.5. The van der Waals surface area contributed by atoms with Crippen molar-refractivity contribution in [3.63, 3.8) is 0 Å². The number of aliphatic hydroxyl groups is 2. The second-order valence-corrected chi connectivity index (χ2v) is 26.6. The Hall–Kier alpha value is -9.16. The number of amides is 3. The molecule has 17 atom stereocenters. The highest BCUT2D eigenvalue weighted by Gasteiger charge is 2.60. The molecule has 24 nitrogen and oxygen atoms in total. The van der Waals surface area contributed by atoms with E-state index in [-0.39, 0.29) is 58.8 Å². The zero-order chi connectivity index (χ0) is 73.4. The number of aliphatic hydroxyl groups excluding tert-OH is 1. The summed E-state index contributed by atoms with van der Waals surface area (Å²) < 4.78 is 94.2. The average molecular weight is 1450 g/mol. The van der Waals surface area contributed by atoms with E-state index in [0.717, 1.165) is 57.0 Å². The van der Waals surface area contributed by atoms with E-state index in [9.17, 15) is 34.5 Å². The van der Waals surface area contributed by atoms with Crippen molar-refractivity contribution in [1.29, 1.82) is 0 Å². The van der Waals surface area contributed by atoms with E-state index in [2.05, 4.69) is 16.0 Å². The monoisotopic (exact) mass is 1450 g/mol. The summed E-state index contributed by atoms with van der Waals surface area (Å²) >= 11 is 0. The Bertz CT molecular complexity index is 4080. The SMILES string of the molecule is CC(=O)N[C@H]1[C@H](OC[C@H]2O[C@H](OC[C@H](NC(=O)OCC3c4ccccc4-c4ccccc43)C(=O)O)[C@@](O)(NC(C)=O)[C@@H](OCc3ccccc3)[C@H]2O)O[C@H](COCc2ccccc2)[C@@H](O[C@@H]2O[C@@H]3COC(c4ccccc4)O[C@@H]3[C@H](OCc3ccccc3)[C@H]2OCc2ccccc2)[C@@H]1OCc1ccccc1. The third-order valence-electron chi connectivity index (χ3n) is 19.1. The van der Waals surface area contributed by atoms with Crippen LogP contribution in [0, 0.1) is 0 Å². The maximum absolute atomic E-state index is 13.9. The number of nitrogens with one attached hydrogen (secondary N) is 3. The molecule has 0 aromatic heterocycles. The lowest BCUT2D eigenvalue weighted by atomic mass is 9.92. The van der Waals surface area contributed by atoms with E-state index in [1.807, 2.05) is 200 Å². The molecule has 3 amide bonds. The van der Waals surface area contributed by atoms with Crippen molar-refractivity contribution in [2.75, 3.05) is 33.0 Å². The van der Waals surface area contributed by atoms with E-state index in [1.165, 1.54) is 6.92 Å². The number of carboxylic acids is 1. The van der Waals surface area contributed by atoms with E-state index < -0.39 is 141 Å². The van der Waals surface area contributed by atoms with E-state index in [4.69, 9.17) is 66.3 Å². The van der Waals surface area contributed by atoms with Gasteiger partial charge in [-0.05, 0) is 50.1 Å². The fourth-order valence-corrected chi connectivity index (χ4v) is 14.0. The van der Waals surface area contributed by atoms with Gasteiger partial charge in [-0.2, -0.15) is 0 Å². The fourth-order valence-electron chi connectivity index (χ4n) is 14.0. The van der Waals surface area contributed by atoms with Crippen LogP contribution in [0.25, 0.3) is 11.1 Å². The first kappa shape index (κ1) is 75.1.